The third-order valence-corrected chi connectivity index (χ3v) is 3.39. The zero-order valence-electron chi connectivity index (χ0n) is 10.8. The highest BCUT2D eigenvalue weighted by Crippen LogP contribution is 2.41. The lowest BCUT2D eigenvalue weighted by atomic mass is 10.2. The summed E-state index contributed by atoms with van der Waals surface area (Å²) in [7, 11) is 0. The maximum Gasteiger partial charge on any atom is 0.309 e. The SMILES string of the molecule is Cc1ccc(-n2nc(CC(=O)O)cc2C2CC2)cc1. The van der Waals surface area contributed by atoms with E-state index in [1.165, 1.54) is 18.4 Å². The smallest absolute Gasteiger partial charge is 0.309 e. The van der Waals surface area contributed by atoms with Crippen molar-refractivity contribution in [2.24, 2.45) is 0 Å². The molecule has 19 heavy (non-hydrogen) atoms. The van der Waals surface area contributed by atoms with Crippen LogP contribution in [-0.4, -0.2) is 20.9 Å². The summed E-state index contributed by atoms with van der Waals surface area (Å²) in [6.07, 6.45) is 2.33. The molecule has 1 aliphatic carbocycles. The van der Waals surface area contributed by atoms with Crippen molar-refractivity contribution in [1.29, 1.82) is 0 Å². The van der Waals surface area contributed by atoms with Gasteiger partial charge in [0, 0.05) is 11.6 Å². The van der Waals surface area contributed by atoms with Gasteiger partial charge in [0.15, 0.2) is 0 Å². The monoisotopic (exact) mass is 256 g/mol. The summed E-state index contributed by atoms with van der Waals surface area (Å²) in [6.45, 7) is 2.05. The summed E-state index contributed by atoms with van der Waals surface area (Å²) in [5.74, 6) is -0.299. The van der Waals surface area contributed by atoms with E-state index in [1.54, 1.807) is 0 Å². The fourth-order valence-corrected chi connectivity index (χ4v) is 2.25. The van der Waals surface area contributed by atoms with Crippen molar-refractivity contribution >= 4 is 5.97 Å². The number of aromatic nitrogens is 2. The second kappa shape index (κ2) is 4.53. The second-order valence-electron chi connectivity index (χ2n) is 5.15. The van der Waals surface area contributed by atoms with E-state index in [2.05, 4.69) is 5.10 Å². The van der Waals surface area contributed by atoms with E-state index in [4.69, 9.17) is 5.11 Å². The van der Waals surface area contributed by atoms with Gasteiger partial charge in [-0.2, -0.15) is 5.10 Å². The van der Waals surface area contributed by atoms with Gasteiger partial charge in [-0.1, -0.05) is 17.7 Å². The Morgan fingerprint density at radius 1 is 1.37 bits per heavy atom. The van der Waals surface area contributed by atoms with Crippen molar-refractivity contribution < 1.29 is 9.90 Å². The van der Waals surface area contributed by atoms with Crippen molar-refractivity contribution in [1.82, 2.24) is 9.78 Å². The minimum absolute atomic E-state index is 0.0153. The van der Waals surface area contributed by atoms with Crippen molar-refractivity contribution in [3.05, 3.63) is 47.3 Å². The van der Waals surface area contributed by atoms with Crippen molar-refractivity contribution in [2.75, 3.05) is 0 Å². The van der Waals surface area contributed by atoms with Gasteiger partial charge in [0.25, 0.3) is 0 Å². The maximum absolute atomic E-state index is 10.8. The topological polar surface area (TPSA) is 55.1 Å². The fourth-order valence-electron chi connectivity index (χ4n) is 2.25. The number of benzene rings is 1. The second-order valence-corrected chi connectivity index (χ2v) is 5.15. The van der Waals surface area contributed by atoms with E-state index in [9.17, 15) is 4.79 Å². The first-order valence-corrected chi connectivity index (χ1v) is 6.51. The molecule has 1 aromatic carbocycles. The molecule has 1 aliphatic rings. The van der Waals surface area contributed by atoms with Crippen LogP contribution in [-0.2, 0) is 11.2 Å². The van der Waals surface area contributed by atoms with Gasteiger partial charge in [0.05, 0.1) is 17.8 Å². The number of nitrogens with zero attached hydrogens (tertiary/aromatic N) is 2. The van der Waals surface area contributed by atoms with Crippen LogP contribution < -0.4 is 0 Å². The molecule has 4 heteroatoms. The lowest BCUT2D eigenvalue weighted by Gasteiger charge is -2.06. The van der Waals surface area contributed by atoms with E-state index in [-0.39, 0.29) is 6.42 Å². The molecule has 0 bridgehead atoms. The minimum atomic E-state index is -0.837. The Morgan fingerprint density at radius 2 is 2.05 bits per heavy atom. The summed E-state index contributed by atoms with van der Waals surface area (Å²) in [5, 5.41) is 13.3. The molecule has 0 spiro atoms. The molecule has 1 heterocycles. The van der Waals surface area contributed by atoms with Crippen LogP contribution >= 0.6 is 0 Å². The first-order chi connectivity index (χ1) is 9.13. The van der Waals surface area contributed by atoms with E-state index in [0.29, 0.717) is 11.6 Å². The third kappa shape index (κ3) is 2.52. The van der Waals surface area contributed by atoms with Crippen LogP contribution in [0.5, 0.6) is 0 Å². The normalized spacial score (nSPS) is 14.6. The van der Waals surface area contributed by atoms with Gasteiger partial charge in [-0.15, -0.1) is 0 Å². The molecule has 98 valence electrons. The fraction of sp³-hybridized carbons (Fsp3) is 0.333. The lowest BCUT2D eigenvalue weighted by Crippen LogP contribution is -2.03. The van der Waals surface area contributed by atoms with Crippen LogP contribution in [0.2, 0.25) is 0 Å². The Hall–Kier alpha value is -2.10. The predicted octanol–water partition coefficient (Wildman–Crippen LogP) is 2.69. The number of hydrogen-bond donors (Lipinski definition) is 1. The molecule has 1 N–H and O–H groups in total. The predicted molar refractivity (Wildman–Crippen MR) is 71.6 cm³/mol. The van der Waals surface area contributed by atoms with Crippen LogP contribution in [0.25, 0.3) is 5.69 Å². The van der Waals surface area contributed by atoms with Crippen LogP contribution in [0.15, 0.2) is 30.3 Å². The molecule has 0 amide bonds. The van der Waals surface area contributed by atoms with Gasteiger partial charge in [-0.05, 0) is 38.0 Å². The summed E-state index contributed by atoms with van der Waals surface area (Å²) in [4.78, 5) is 10.8. The van der Waals surface area contributed by atoms with Gasteiger partial charge in [0.2, 0.25) is 0 Å². The van der Waals surface area contributed by atoms with Crippen LogP contribution in [0.3, 0.4) is 0 Å². The highest BCUT2D eigenvalue weighted by atomic mass is 16.4. The summed E-state index contributed by atoms with van der Waals surface area (Å²) < 4.78 is 1.90. The van der Waals surface area contributed by atoms with Crippen molar-refractivity contribution in [2.45, 2.75) is 32.1 Å². The zero-order chi connectivity index (χ0) is 13.4. The van der Waals surface area contributed by atoms with Crippen molar-refractivity contribution in [3.8, 4) is 5.69 Å². The van der Waals surface area contributed by atoms with Crippen LogP contribution in [0, 0.1) is 6.92 Å². The highest BCUT2D eigenvalue weighted by molar-refractivity contribution is 5.69. The van der Waals surface area contributed by atoms with Gasteiger partial charge in [-0.3, -0.25) is 4.79 Å². The molecule has 0 atom stereocenters. The number of hydrogen-bond acceptors (Lipinski definition) is 2. The van der Waals surface area contributed by atoms with E-state index >= 15 is 0 Å². The third-order valence-electron chi connectivity index (χ3n) is 3.39. The highest BCUT2D eigenvalue weighted by Gasteiger charge is 2.28. The summed E-state index contributed by atoms with van der Waals surface area (Å²) in [5.41, 5.74) is 3.98. The molecule has 1 saturated carbocycles. The van der Waals surface area contributed by atoms with Gasteiger partial charge < -0.3 is 5.11 Å². The Bertz CT molecular complexity index is 610. The molecule has 0 radical (unpaired) electrons. The minimum Gasteiger partial charge on any atom is -0.481 e. The first kappa shape index (κ1) is 12.0. The largest absolute Gasteiger partial charge is 0.481 e. The number of aryl methyl sites for hydroxylation is 1. The molecule has 2 aromatic rings. The average Bonchev–Trinajstić information content (AvgIpc) is 3.12. The van der Waals surface area contributed by atoms with Gasteiger partial charge in [0.1, 0.15) is 0 Å². The Morgan fingerprint density at radius 3 is 2.63 bits per heavy atom. The van der Waals surface area contributed by atoms with Crippen LogP contribution in [0.4, 0.5) is 0 Å². The molecule has 0 aliphatic heterocycles. The summed E-state index contributed by atoms with van der Waals surface area (Å²) in [6, 6.07) is 10.1. The molecule has 0 unspecified atom stereocenters. The molecular weight excluding hydrogens is 240 g/mol. The Labute approximate surface area is 111 Å². The summed E-state index contributed by atoms with van der Waals surface area (Å²) >= 11 is 0. The quantitative estimate of drug-likeness (QED) is 0.915. The number of carboxylic acid groups (broad SMARTS) is 1. The van der Waals surface area contributed by atoms with E-state index in [1.807, 2.05) is 41.9 Å². The molecule has 1 aromatic heterocycles. The lowest BCUT2D eigenvalue weighted by molar-refractivity contribution is -0.136. The molecule has 3 rings (SSSR count). The van der Waals surface area contributed by atoms with Gasteiger partial charge >= 0.3 is 5.97 Å². The Balaban J connectivity index is 2.00. The number of rotatable bonds is 4. The van der Waals surface area contributed by atoms with E-state index in [0.717, 1.165) is 11.4 Å². The zero-order valence-corrected chi connectivity index (χ0v) is 10.8. The maximum atomic E-state index is 10.8. The molecule has 0 saturated heterocycles. The van der Waals surface area contributed by atoms with Crippen LogP contribution in [0.1, 0.15) is 35.7 Å². The van der Waals surface area contributed by atoms with Crippen molar-refractivity contribution in [3.63, 3.8) is 0 Å². The number of carbonyl (C=O) groups is 1. The standard InChI is InChI=1S/C15H16N2O2/c1-10-2-6-13(7-3-10)17-14(11-4-5-11)8-12(16-17)9-15(18)19/h2-3,6-8,11H,4-5,9H2,1H3,(H,18,19). The molecule has 4 nitrogen and oxygen atoms in total. The van der Waals surface area contributed by atoms with Gasteiger partial charge in [-0.25, -0.2) is 4.68 Å². The average molecular weight is 256 g/mol. The van der Waals surface area contributed by atoms with E-state index < -0.39 is 5.97 Å². The number of carboxylic acids is 1. The molecular formula is C15H16N2O2. The first-order valence-electron chi connectivity index (χ1n) is 6.51. The number of aliphatic carboxylic acids is 1. The Kier molecular flexibility index (Phi) is 2.85. The molecule has 1 fully saturated rings.